The number of amides is 1. The van der Waals surface area contributed by atoms with Crippen LogP contribution in [-0.4, -0.2) is 41.3 Å². The number of rotatable bonds is 5. The average molecular weight is 344 g/mol. The van der Waals surface area contributed by atoms with Gasteiger partial charge in [-0.2, -0.15) is 0 Å². The molecule has 1 aromatic rings. The first-order chi connectivity index (χ1) is 9.00. The summed E-state index contributed by atoms with van der Waals surface area (Å²) in [6, 6.07) is 2.56. The maximum absolute atomic E-state index is 13.6. The van der Waals surface area contributed by atoms with Gasteiger partial charge in [-0.3, -0.25) is 4.79 Å². The second-order valence-electron chi connectivity index (χ2n) is 3.97. The van der Waals surface area contributed by atoms with Crippen LogP contribution in [0.4, 0.5) is 4.39 Å². The normalized spacial score (nSPS) is 12.2. The van der Waals surface area contributed by atoms with Gasteiger partial charge in [0.05, 0.1) is 16.2 Å². The fourth-order valence-electron chi connectivity index (χ4n) is 1.28. The van der Waals surface area contributed by atoms with E-state index in [1.165, 1.54) is 0 Å². The van der Waals surface area contributed by atoms with Crippen molar-refractivity contribution in [3.8, 4) is 0 Å². The van der Waals surface area contributed by atoms with Gasteiger partial charge in [0, 0.05) is 23.5 Å². The molecule has 112 valence electrons. The Morgan fingerprint density at radius 2 is 1.90 bits per heavy atom. The summed E-state index contributed by atoms with van der Waals surface area (Å²) in [4.78, 5) is 11.1. The summed E-state index contributed by atoms with van der Waals surface area (Å²) in [5, 5.41) is 2.21. The molecule has 20 heavy (non-hydrogen) atoms. The third-order valence-electron chi connectivity index (χ3n) is 2.23. The fraction of sp³-hybridized carbons (Fsp3) is 0.300. The topological polar surface area (TPSA) is 97.4 Å². The highest BCUT2D eigenvalue weighted by molar-refractivity contribution is 8.13. The molecule has 10 heteroatoms. The number of nitrogens with one attached hydrogen (secondary N) is 1. The summed E-state index contributed by atoms with van der Waals surface area (Å²) >= 11 is 0. The lowest BCUT2D eigenvalue weighted by atomic mass is 10.2. The molecule has 0 fully saturated rings. The molecule has 0 saturated heterocycles. The van der Waals surface area contributed by atoms with Gasteiger partial charge in [0.15, 0.2) is 0 Å². The monoisotopic (exact) mass is 343 g/mol. The Hall–Kier alpha value is -1.19. The minimum absolute atomic E-state index is 0.174. The van der Waals surface area contributed by atoms with E-state index in [1.54, 1.807) is 0 Å². The molecule has 0 aromatic heterocycles. The smallest absolute Gasteiger partial charge is 0.261 e. The number of halogens is 2. The van der Waals surface area contributed by atoms with Crippen LogP contribution >= 0.6 is 10.7 Å². The summed E-state index contributed by atoms with van der Waals surface area (Å²) in [7, 11) is -2.29. The Morgan fingerprint density at radius 3 is 2.35 bits per heavy atom. The predicted octanol–water partition coefficient (Wildman–Crippen LogP) is 0.528. The van der Waals surface area contributed by atoms with E-state index in [4.69, 9.17) is 10.7 Å². The Kier molecular flexibility index (Phi) is 5.11. The number of hydrogen-bond donors (Lipinski definition) is 1. The summed E-state index contributed by atoms with van der Waals surface area (Å²) in [6.07, 6.45) is 1.000. The van der Waals surface area contributed by atoms with Crippen LogP contribution in [0.2, 0.25) is 0 Å². The largest absolute Gasteiger partial charge is 0.351 e. The quantitative estimate of drug-likeness (QED) is 0.786. The van der Waals surface area contributed by atoms with Gasteiger partial charge in [-0.1, -0.05) is 0 Å². The molecule has 6 nitrogen and oxygen atoms in total. The second kappa shape index (κ2) is 6.06. The van der Waals surface area contributed by atoms with Gasteiger partial charge in [-0.05, 0) is 18.2 Å². The highest BCUT2D eigenvalue weighted by Crippen LogP contribution is 2.18. The Morgan fingerprint density at radius 1 is 1.30 bits per heavy atom. The third-order valence-corrected chi connectivity index (χ3v) is 4.52. The number of carbonyl (C=O) groups excluding carboxylic acids is 1. The van der Waals surface area contributed by atoms with E-state index in [1.807, 2.05) is 0 Å². The van der Waals surface area contributed by atoms with Crippen LogP contribution in [0.5, 0.6) is 0 Å². The summed E-state index contributed by atoms with van der Waals surface area (Å²) in [5.74, 6) is -2.19. The molecule has 1 aromatic carbocycles. The zero-order valence-corrected chi connectivity index (χ0v) is 12.6. The van der Waals surface area contributed by atoms with Crippen molar-refractivity contribution in [2.24, 2.45) is 0 Å². The summed E-state index contributed by atoms with van der Waals surface area (Å²) in [6.45, 7) is -0.174. The lowest BCUT2D eigenvalue weighted by Gasteiger charge is -2.06. The molecule has 0 heterocycles. The van der Waals surface area contributed by atoms with E-state index >= 15 is 0 Å². The Bertz CT molecular complexity index is 730. The summed E-state index contributed by atoms with van der Waals surface area (Å²) < 4.78 is 57.3. The zero-order valence-electron chi connectivity index (χ0n) is 10.3. The highest BCUT2D eigenvalue weighted by atomic mass is 35.7. The van der Waals surface area contributed by atoms with E-state index in [0.717, 1.165) is 18.4 Å². The molecule has 0 aliphatic rings. The minimum atomic E-state index is -4.08. The lowest BCUT2D eigenvalue weighted by Crippen LogP contribution is -2.29. The third kappa shape index (κ3) is 5.06. The van der Waals surface area contributed by atoms with Gasteiger partial charge in [-0.15, -0.1) is 0 Å². The number of benzene rings is 1. The second-order valence-corrected chi connectivity index (χ2v) is 8.79. The highest BCUT2D eigenvalue weighted by Gasteiger charge is 2.17. The standard InChI is InChI=1S/C10H11ClFNO5S2/c1-19(15,16)5-4-13-10(14)8-3-2-7(6-9(8)12)20(11,17)18/h2-3,6H,4-5H2,1H3,(H,13,14). The molecule has 1 rings (SSSR count). The SMILES string of the molecule is CS(=O)(=O)CCNC(=O)c1ccc(S(=O)(=O)Cl)cc1F. The first-order valence-corrected chi connectivity index (χ1v) is 9.58. The molecule has 0 saturated carbocycles. The van der Waals surface area contributed by atoms with Crippen LogP contribution in [-0.2, 0) is 18.9 Å². The van der Waals surface area contributed by atoms with E-state index in [2.05, 4.69) is 5.32 Å². The molecular weight excluding hydrogens is 333 g/mol. The van der Waals surface area contributed by atoms with Crippen LogP contribution in [0.1, 0.15) is 10.4 Å². The maximum atomic E-state index is 13.6. The van der Waals surface area contributed by atoms with Crippen molar-refractivity contribution < 1.29 is 26.0 Å². The molecule has 0 radical (unpaired) electrons. The molecular formula is C10H11ClFNO5S2. The van der Waals surface area contributed by atoms with Gasteiger partial charge in [0.25, 0.3) is 15.0 Å². The fourth-order valence-corrected chi connectivity index (χ4v) is 2.51. The van der Waals surface area contributed by atoms with Gasteiger partial charge < -0.3 is 5.32 Å². The minimum Gasteiger partial charge on any atom is -0.351 e. The first kappa shape index (κ1) is 16.9. The van der Waals surface area contributed by atoms with Crippen molar-refractivity contribution in [2.75, 3.05) is 18.6 Å². The van der Waals surface area contributed by atoms with Crippen LogP contribution < -0.4 is 5.32 Å². The molecule has 0 unspecified atom stereocenters. The average Bonchev–Trinajstić information content (AvgIpc) is 2.25. The molecule has 0 spiro atoms. The zero-order chi connectivity index (χ0) is 15.6. The van der Waals surface area contributed by atoms with E-state index in [0.29, 0.717) is 6.07 Å². The van der Waals surface area contributed by atoms with Gasteiger partial charge in [-0.25, -0.2) is 21.2 Å². The molecule has 1 amide bonds. The summed E-state index contributed by atoms with van der Waals surface area (Å²) in [5.41, 5.74) is -0.400. The van der Waals surface area contributed by atoms with E-state index < -0.39 is 41.1 Å². The molecule has 1 N–H and O–H groups in total. The van der Waals surface area contributed by atoms with Crippen molar-refractivity contribution in [1.82, 2.24) is 5.32 Å². The van der Waals surface area contributed by atoms with Crippen molar-refractivity contribution in [1.29, 1.82) is 0 Å². The molecule has 0 aliphatic carbocycles. The van der Waals surface area contributed by atoms with Gasteiger partial charge in [0.2, 0.25) is 0 Å². The van der Waals surface area contributed by atoms with Crippen molar-refractivity contribution in [3.63, 3.8) is 0 Å². The van der Waals surface area contributed by atoms with Crippen molar-refractivity contribution in [2.45, 2.75) is 4.90 Å². The van der Waals surface area contributed by atoms with E-state index in [-0.39, 0.29) is 12.3 Å². The van der Waals surface area contributed by atoms with Crippen LogP contribution in [0.15, 0.2) is 23.1 Å². The number of sulfone groups is 1. The Labute approximate surface area is 120 Å². The van der Waals surface area contributed by atoms with Crippen molar-refractivity contribution >= 4 is 35.5 Å². The molecule has 0 atom stereocenters. The predicted molar refractivity (Wildman–Crippen MR) is 71.5 cm³/mol. The number of carbonyl (C=O) groups is 1. The van der Waals surface area contributed by atoms with Crippen LogP contribution in [0.3, 0.4) is 0 Å². The van der Waals surface area contributed by atoms with E-state index in [9.17, 15) is 26.0 Å². The number of hydrogen-bond acceptors (Lipinski definition) is 5. The molecule has 0 bridgehead atoms. The molecule has 0 aliphatic heterocycles. The first-order valence-electron chi connectivity index (χ1n) is 5.21. The van der Waals surface area contributed by atoms with Crippen LogP contribution in [0.25, 0.3) is 0 Å². The Balaban J connectivity index is 2.85. The van der Waals surface area contributed by atoms with Gasteiger partial charge >= 0.3 is 0 Å². The van der Waals surface area contributed by atoms with Crippen LogP contribution in [0, 0.1) is 5.82 Å². The lowest BCUT2D eigenvalue weighted by molar-refractivity contribution is 0.0952. The van der Waals surface area contributed by atoms with Gasteiger partial charge in [0.1, 0.15) is 15.7 Å². The van der Waals surface area contributed by atoms with Crippen molar-refractivity contribution in [3.05, 3.63) is 29.6 Å². The maximum Gasteiger partial charge on any atom is 0.261 e.